The highest BCUT2D eigenvalue weighted by Gasteiger charge is 2.14. The number of carbonyl (C=O) groups excluding carboxylic acids is 1. The minimum Gasteiger partial charge on any atom is -0.805 e. The molecular weight excluding hydrogens is 198 g/mol. The van der Waals surface area contributed by atoms with Crippen molar-refractivity contribution in [3.05, 3.63) is 46.3 Å². The summed E-state index contributed by atoms with van der Waals surface area (Å²) < 4.78 is 0.801. The minimum absolute atomic E-state index is 0.115. The van der Waals surface area contributed by atoms with Crippen molar-refractivity contribution < 1.29 is 9.22 Å². The van der Waals surface area contributed by atoms with E-state index in [1.807, 2.05) is 0 Å². The van der Waals surface area contributed by atoms with E-state index in [1.165, 1.54) is 12.1 Å². The number of hydrogen-bond donors (Lipinski definition) is 1. The summed E-state index contributed by atoms with van der Waals surface area (Å²) in [6.07, 6.45) is 0.873. The number of nitrogens with two attached hydrogens (primary N) is 1. The first-order valence-corrected chi connectivity index (χ1v) is 4.15. The molecule has 0 fully saturated rings. The number of carbonyl (C=O) groups is 1. The zero-order valence-electron chi connectivity index (χ0n) is 7.58. The van der Waals surface area contributed by atoms with Gasteiger partial charge in [0, 0.05) is 11.0 Å². The molecule has 0 spiro atoms. The fourth-order valence-electron chi connectivity index (χ4n) is 1.35. The molecule has 1 aromatic heterocycles. The van der Waals surface area contributed by atoms with Crippen LogP contribution < -0.4 is 10.2 Å². The monoisotopic (exact) mass is 205 g/mol. The first-order valence-electron chi connectivity index (χ1n) is 4.15. The van der Waals surface area contributed by atoms with Crippen LogP contribution in [0.5, 0.6) is 0 Å². The van der Waals surface area contributed by atoms with Crippen LogP contribution in [0, 0.1) is 10.1 Å². The quantitative estimate of drug-likeness (QED) is 0.664. The molecule has 6 heteroatoms. The molecule has 0 aliphatic heterocycles. The fraction of sp³-hybridized carbons (Fsp3) is 0. The highest BCUT2D eigenvalue weighted by atomic mass is 16.5. The molecule has 15 heavy (non-hydrogen) atoms. The summed E-state index contributed by atoms with van der Waals surface area (Å²) in [6, 6.07) is 6.16. The second-order valence-corrected chi connectivity index (χ2v) is 2.99. The lowest BCUT2D eigenvalue weighted by atomic mass is 10.3. The van der Waals surface area contributed by atoms with Crippen LogP contribution in [0.25, 0.3) is 11.0 Å². The topological polar surface area (TPSA) is 94.1 Å². The van der Waals surface area contributed by atoms with Gasteiger partial charge in [0.1, 0.15) is 5.52 Å². The highest BCUT2D eigenvalue weighted by molar-refractivity contribution is 5.92. The van der Waals surface area contributed by atoms with Crippen molar-refractivity contribution in [1.82, 2.24) is 4.73 Å². The van der Waals surface area contributed by atoms with Crippen molar-refractivity contribution in [2.24, 2.45) is 5.73 Å². The molecule has 0 saturated heterocycles. The van der Waals surface area contributed by atoms with Gasteiger partial charge >= 0.3 is 0 Å². The molecule has 2 N–H and O–H groups in total. The molecule has 76 valence electrons. The zero-order valence-corrected chi connectivity index (χ0v) is 7.58. The van der Waals surface area contributed by atoms with Crippen LogP contribution in [0.3, 0.4) is 0 Å². The molecule has 0 unspecified atom stereocenters. The molecule has 2 aromatic rings. The van der Waals surface area contributed by atoms with Gasteiger partial charge in [-0.1, -0.05) is 12.1 Å². The van der Waals surface area contributed by atoms with Gasteiger partial charge in [-0.3, -0.25) is 4.79 Å². The largest absolute Gasteiger partial charge is 0.805 e. The molecule has 2 rings (SSSR count). The van der Waals surface area contributed by atoms with Crippen LogP contribution in [-0.2, 0) is 0 Å². The predicted octanol–water partition coefficient (Wildman–Crippen LogP) is 0.000600. The van der Waals surface area contributed by atoms with E-state index in [0.29, 0.717) is 9.16 Å². The number of para-hydroxylation sites is 2. The van der Waals surface area contributed by atoms with Gasteiger partial charge in [0.15, 0.2) is 5.69 Å². The number of benzene rings is 1. The smallest absolute Gasteiger partial charge is 0.286 e. The number of rotatable bonds is 1. The highest BCUT2D eigenvalue weighted by Crippen LogP contribution is 2.09. The number of hydrogen-bond acceptors (Lipinski definition) is 3. The van der Waals surface area contributed by atoms with Crippen LogP contribution in [0.4, 0.5) is 0 Å². The van der Waals surface area contributed by atoms with E-state index < -0.39 is 5.91 Å². The number of primary amides is 1. The third-order valence-corrected chi connectivity index (χ3v) is 2.05. The SMILES string of the molecule is NC(=O)c1c[n+](=O)c2ccccc2n1[O-]. The van der Waals surface area contributed by atoms with Gasteiger partial charge in [-0.05, 0) is 6.07 Å². The van der Waals surface area contributed by atoms with Gasteiger partial charge in [-0.15, -0.1) is 0 Å². The van der Waals surface area contributed by atoms with Crippen molar-refractivity contribution in [3.8, 4) is 0 Å². The molecule has 0 bridgehead atoms. The lowest BCUT2D eigenvalue weighted by molar-refractivity contribution is -0.464. The van der Waals surface area contributed by atoms with Crippen molar-refractivity contribution in [3.63, 3.8) is 0 Å². The van der Waals surface area contributed by atoms with Crippen LogP contribution in [0.2, 0.25) is 0 Å². The van der Waals surface area contributed by atoms with E-state index in [0.717, 1.165) is 6.20 Å². The maximum atomic E-state index is 11.6. The third kappa shape index (κ3) is 1.32. The Kier molecular flexibility index (Phi) is 1.89. The van der Waals surface area contributed by atoms with Crippen molar-refractivity contribution in [1.29, 1.82) is 0 Å². The van der Waals surface area contributed by atoms with Crippen LogP contribution in [0.1, 0.15) is 10.5 Å². The minimum atomic E-state index is -0.930. The normalized spacial score (nSPS) is 10.4. The number of amides is 1. The van der Waals surface area contributed by atoms with Crippen molar-refractivity contribution >= 4 is 16.9 Å². The van der Waals surface area contributed by atoms with Crippen LogP contribution in [0.15, 0.2) is 30.5 Å². The van der Waals surface area contributed by atoms with E-state index in [1.54, 1.807) is 12.1 Å². The Bertz CT molecular complexity index is 603. The van der Waals surface area contributed by atoms with E-state index in [4.69, 9.17) is 5.73 Å². The van der Waals surface area contributed by atoms with Crippen molar-refractivity contribution in [2.45, 2.75) is 0 Å². The van der Waals surface area contributed by atoms with Crippen molar-refractivity contribution in [2.75, 3.05) is 0 Å². The molecule has 0 saturated carbocycles. The Labute approximate surface area is 83.7 Å². The summed E-state index contributed by atoms with van der Waals surface area (Å²) in [4.78, 5) is 22.3. The molecule has 1 amide bonds. The Hall–Kier alpha value is -2.37. The Morgan fingerprint density at radius 3 is 2.73 bits per heavy atom. The van der Waals surface area contributed by atoms with E-state index in [9.17, 15) is 14.9 Å². The number of fused-ring (bicyclic) bond motifs is 1. The van der Waals surface area contributed by atoms with Gasteiger partial charge < -0.3 is 15.7 Å². The standard InChI is InChI=1S/C9H7N3O3/c10-9(13)8-5-11(14)6-3-1-2-4-7(6)12(8)15/h1-5H,(H2,10,13). The van der Waals surface area contributed by atoms with E-state index in [2.05, 4.69) is 0 Å². The Morgan fingerprint density at radius 2 is 2.07 bits per heavy atom. The third-order valence-electron chi connectivity index (χ3n) is 2.05. The van der Waals surface area contributed by atoms with Gasteiger partial charge in [-0.25, -0.2) is 0 Å². The Balaban J connectivity index is 2.97. The summed E-state index contributed by atoms with van der Waals surface area (Å²) >= 11 is 0. The molecule has 1 aromatic carbocycles. The molecule has 0 aliphatic carbocycles. The first-order chi connectivity index (χ1) is 7.11. The average molecular weight is 205 g/mol. The number of nitrogens with zero attached hydrogens (tertiary/aromatic N) is 2. The molecule has 1 heterocycles. The molecular formula is C9H7N3O3. The lowest BCUT2D eigenvalue weighted by Crippen LogP contribution is -2.25. The summed E-state index contributed by atoms with van der Waals surface area (Å²) in [6.45, 7) is 0. The summed E-state index contributed by atoms with van der Waals surface area (Å²) in [5, 5.41) is 11.6. The summed E-state index contributed by atoms with van der Waals surface area (Å²) in [5.41, 5.74) is 4.90. The van der Waals surface area contributed by atoms with Gasteiger partial charge in [0.05, 0.1) is 4.43 Å². The van der Waals surface area contributed by atoms with Crippen LogP contribution in [-0.4, -0.2) is 10.6 Å². The molecule has 0 aliphatic rings. The second-order valence-electron chi connectivity index (χ2n) is 2.99. The second kappa shape index (κ2) is 3.09. The molecule has 0 atom stereocenters. The van der Waals surface area contributed by atoms with Gasteiger partial charge in [0.2, 0.25) is 0 Å². The Morgan fingerprint density at radius 1 is 1.40 bits per heavy atom. The van der Waals surface area contributed by atoms with Gasteiger partial charge in [0.25, 0.3) is 17.6 Å². The summed E-state index contributed by atoms with van der Waals surface area (Å²) in [5.74, 6) is -0.930. The molecule has 6 nitrogen and oxygen atoms in total. The summed E-state index contributed by atoms with van der Waals surface area (Å²) in [7, 11) is 0. The van der Waals surface area contributed by atoms with Gasteiger partial charge in [-0.2, -0.15) is 0 Å². The first kappa shape index (κ1) is 9.20. The van der Waals surface area contributed by atoms with E-state index >= 15 is 0 Å². The predicted molar refractivity (Wildman–Crippen MR) is 52.6 cm³/mol. The maximum Gasteiger partial charge on any atom is 0.286 e. The maximum absolute atomic E-state index is 11.6. The average Bonchev–Trinajstić information content (AvgIpc) is 2.23. The fourth-order valence-corrected chi connectivity index (χ4v) is 1.35. The lowest BCUT2D eigenvalue weighted by Gasteiger charge is -2.13. The molecule has 0 radical (unpaired) electrons. The zero-order chi connectivity index (χ0) is 11.0. The number of aromatic nitrogens is 2. The van der Waals surface area contributed by atoms with E-state index in [-0.39, 0.29) is 16.7 Å². The van der Waals surface area contributed by atoms with Crippen LogP contribution >= 0.6 is 0 Å².